The summed E-state index contributed by atoms with van der Waals surface area (Å²) in [6.45, 7) is 13.7. The van der Waals surface area contributed by atoms with E-state index in [0.29, 0.717) is 0 Å². The number of hydrogen-bond acceptors (Lipinski definition) is 3. The van der Waals surface area contributed by atoms with Gasteiger partial charge in [0.2, 0.25) is 0 Å². The summed E-state index contributed by atoms with van der Waals surface area (Å²) in [5.41, 5.74) is 16.7. The van der Waals surface area contributed by atoms with Crippen LogP contribution in [0.2, 0.25) is 0 Å². The van der Waals surface area contributed by atoms with Crippen molar-refractivity contribution < 1.29 is 4.74 Å². The Morgan fingerprint density at radius 3 is 1.56 bits per heavy atom. The van der Waals surface area contributed by atoms with Crippen molar-refractivity contribution in [3.8, 4) is 22.9 Å². The van der Waals surface area contributed by atoms with E-state index in [9.17, 15) is 0 Å². The maximum absolute atomic E-state index is 7.33. The summed E-state index contributed by atoms with van der Waals surface area (Å²) in [5, 5.41) is 7.51. The van der Waals surface area contributed by atoms with Gasteiger partial charge in [0.1, 0.15) is 11.5 Å². The zero-order valence-corrected chi connectivity index (χ0v) is 39.9. The lowest BCUT2D eigenvalue weighted by Gasteiger charge is -2.41. The lowest BCUT2D eigenvalue weighted by Crippen LogP contribution is -2.59. The molecule has 0 unspecified atom stereocenters. The average Bonchev–Trinajstić information content (AvgIpc) is 4.01. The van der Waals surface area contributed by atoms with Crippen LogP contribution in [-0.2, 0) is 10.8 Å². The normalized spacial score (nSPS) is 13.5. The predicted molar refractivity (Wildman–Crippen MR) is 291 cm³/mol. The first-order valence-corrected chi connectivity index (χ1v) is 24.7. The topological polar surface area (TPSA) is 22.3 Å². The molecular weight excluding hydrogens is 846 g/mol. The smallest absolute Gasteiger partial charge is 0.256 e. The Morgan fingerprint density at radius 2 is 0.971 bits per heavy atom. The molecule has 68 heavy (non-hydrogen) atoms. The molecule has 326 valence electrons. The molecule has 9 aromatic carbocycles. The van der Waals surface area contributed by atoms with Crippen molar-refractivity contribution in [3.63, 3.8) is 0 Å². The van der Waals surface area contributed by atoms with Crippen molar-refractivity contribution in [2.24, 2.45) is 0 Å². The minimum absolute atomic E-state index is 0.00266. The van der Waals surface area contributed by atoms with Gasteiger partial charge in [0.15, 0.2) is 0 Å². The summed E-state index contributed by atoms with van der Waals surface area (Å²) < 4.78 is 14.9. The Morgan fingerprint density at radius 1 is 0.441 bits per heavy atom. The number of benzene rings is 9. The van der Waals surface area contributed by atoms with Crippen LogP contribution in [0.15, 0.2) is 182 Å². The van der Waals surface area contributed by atoms with Gasteiger partial charge in [-0.2, -0.15) is 0 Å². The van der Waals surface area contributed by atoms with Crippen molar-refractivity contribution >= 4 is 115 Å². The van der Waals surface area contributed by atoms with E-state index in [1.54, 1.807) is 0 Å². The van der Waals surface area contributed by atoms with Gasteiger partial charge in [-0.25, -0.2) is 0 Å². The summed E-state index contributed by atoms with van der Waals surface area (Å²) in [6.07, 6.45) is 0. The van der Waals surface area contributed by atoms with Gasteiger partial charge in [-0.15, -0.1) is 11.3 Å². The number of hydrogen-bond donors (Lipinski definition) is 0. The third-order valence-corrected chi connectivity index (χ3v) is 16.0. The van der Waals surface area contributed by atoms with Crippen molar-refractivity contribution in [2.75, 3.05) is 4.90 Å². The molecule has 0 radical (unpaired) electrons. The van der Waals surface area contributed by atoms with E-state index in [-0.39, 0.29) is 17.5 Å². The Hall–Kier alpha value is -7.54. The van der Waals surface area contributed by atoms with Crippen LogP contribution >= 0.6 is 11.3 Å². The molecule has 6 heteroatoms. The first kappa shape index (κ1) is 39.6. The lowest BCUT2D eigenvalue weighted by molar-refractivity contribution is 0.486. The van der Waals surface area contributed by atoms with Gasteiger partial charge in [0.05, 0.1) is 43.8 Å². The zero-order chi connectivity index (χ0) is 45.8. The van der Waals surface area contributed by atoms with Crippen LogP contribution in [-0.4, -0.2) is 15.8 Å². The molecule has 12 aromatic rings. The van der Waals surface area contributed by atoms with Crippen molar-refractivity contribution in [2.45, 2.75) is 52.4 Å². The highest BCUT2D eigenvalue weighted by atomic mass is 32.1. The van der Waals surface area contributed by atoms with Gasteiger partial charge >= 0.3 is 0 Å². The second-order valence-electron chi connectivity index (χ2n) is 20.9. The molecule has 0 saturated heterocycles. The van der Waals surface area contributed by atoms with Gasteiger partial charge < -0.3 is 18.8 Å². The van der Waals surface area contributed by atoms with Gasteiger partial charge in [-0.05, 0) is 99.0 Å². The Labute approximate surface area is 400 Å². The van der Waals surface area contributed by atoms with E-state index in [2.05, 4.69) is 238 Å². The highest BCUT2D eigenvalue weighted by Gasteiger charge is 2.45. The molecule has 0 bridgehead atoms. The van der Waals surface area contributed by atoms with Gasteiger partial charge in [0, 0.05) is 54.5 Å². The Bertz CT molecular complexity index is 3990. The first-order valence-electron chi connectivity index (χ1n) is 23.9. The maximum atomic E-state index is 7.33. The Balaban J connectivity index is 1.17. The van der Waals surface area contributed by atoms with E-state index in [1.807, 2.05) is 11.3 Å². The number of para-hydroxylation sites is 4. The molecule has 0 spiro atoms. The number of thiophene rings is 1. The van der Waals surface area contributed by atoms with Crippen LogP contribution in [0.3, 0.4) is 0 Å². The minimum Gasteiger partial charge on any atom is -0.458 e. The first-order chi connectivity index (χ1) is 33.0. The molecule has 0 aliphatic carbocycles. The fourth-order valence-electron chi connectivity index (χ4n) is 11.6. The van der Waals surface area contributed by atoms with Crippen LogP contribution in [0.5, 0.6) is 11.5 Å². The Kier molecular flexibility index (Phi) is 8.16. The largest absolute Gasteiger partial charge is 0.458 e. The average molecular weight is 894 g/mol. The van der Waals surface area contributed by atoms with E-state index in [1.165, 1.54) is 103 Å². The molecule has 0 N–H and O–H groups in total. The second-order valence-corrected chi connectivity index (χ2v) is 22.0. The molecule has 2 aliphatic heterocycles. The van der Waals surface area contributed by atoms with E-state index in [0.717, 1.165) is 28.6 Å². The van der Waals surface area contributed by atoms with Crippen molar-refractivity contribution in [3.05, 3.63) is 193 Å². The molecule has 5 heterocycles. The van der Waals surface area contributed by atoms with E-state index in [4.69, 9.17) is 4.74 Å². The van der Waals surface area contributed by atoms with Crippen LogP contribution < -0.4 is 26.0 Å². The van der Waals surface area contributed by atoms with Crippen LogP contribution in [0, 0.1) is 0 Å². The predicted octanol–water partition coefficient (Wildman–Crippen LogP) is 15.2. The standard InChI is InChI=1S/C62H48BN3OS/c1-61(2,3)37-27-30-39(31-28-37)65-53-34-40(64-48-22-12-7-17-41(48)42-18-8-13-23-49(42)64)35-55-58(53)63(46-33-38(62(4,5)6)29-32-54(46)67-55)47-36-52(57-45-21-11-16-26-56(45)68-60(57)59(47)65)66-50-24-14-9-19-43(50)44-20-10-15-25-51(44)66/h7-36H,1-6H3. The third-order valence-electron chi connectivity index (χ3n) is 14.9. The molecule has 3 aromatic heterocycles. The summed E-state index contributed by atoms with van der Waals surface area (Å²) in [7, 11) is 0. The van der Waals surface area contributed by atoms with Crippen LogP contribution in [0.4, 0.5) is 17.1 Å². The summed E-state index contributed by atoms with van der Waals surface area (Å²) in [6, 6.07) is 68.1. The second kappa shape index (κ2) is 14.0. The molecular formula is C62H48BN3OS. The van der Waals surface area contributed by atoms with E-state index >= 15 is 0 Å². The number of anilines is 3. The quantitative estimate of drug-likeness (QED) is 0.165. The summed E-state index contributed by atoms with van der Waals surface area (Å²) in [5.74, 6) is 1.79. The molecule has 2 aliphatic rings. The number of rotatable bonds is 3. The number of nitrogens with zero attached hydrogens (tertiary/aromatic N) is 3. The van der Waals surface area contributed by atoms with Crippen LogP contribution in [0.1, 0.15) is 52.7 Å². The molecule has 4 nitrogen and oxygen atoms in total. The summed E-state index contributed by atoms with van der Waals surface area (Å²) in [4.78, 5) is 2.59. The number of ether oxygens (including phenoxy) is 1. The van der Waals surface area contributed by atoms with Gasteiger partial charge in [0.25, 0.3) is 6.71 Å². The highest BCUT2D eigenvalue weighted by Crippen LogP contribution is 2.51. The van der Waals surface area contributed by atoms with Gasteiger partial charge in [-0.1, -0.05) is 157 Å². The van der Waals surface area contributed by atoms with Crippen molar-refractivity contribution in [1.29, 1.82) is 0 Å². The third kappa shape index (κ3) is 5.55. The summed E-state index contributed by atoms with van der Waals surface area (Å²) >= 11 is 1.92. The maximum Gasteiger partial charge on any atom is 0.256 e. The van der Waals surface area contributed by atoms with Crippen molar-refractivity contribution in [1.82, 2.24) is 9.13 Å². The SMILES string of the molecule is CC(C)(C)c1ccc(N2c3cc(-n4c5ccccc5c5ccccc54)cc4c3B(c3cc(C(C)(C)C)ccc3O4)c3cc(-n4c5ccccc5c5ccccc54)c4c(sc5ccccc54)c32)cc1. The van der Waals surface area contributed by atoms with Gasteiger partial charge in [-0.3, -0.25) is 0 Å². The fraction of sp³-hybridized carbons (Fsp3) is 0.129. The van der Waals surface area contributed by atoms with E-state index < -0.39 is 0 Å². The number of fused-ring (bicyclic) bond motifs is 14. The monoisotopic (exact) mass is 893 g/mol. The number of aromatic nitrogens is 2. The highest BCUT2D eigenvalue weighted by molar-refractivity contribution is 7.26. The molecule has 0 saturated carbocycles. The molecule has 14 rings (SSSR count). The molecule has 0 atom stereocenters. The zero-order valence-electron chi connectivity index (χ0n) is 39.1. The van der Waals surface area contributed by atoms with Crippen LogP contribution in [0.25, 0.3) is 75.2 Å². The fourth-order valence-corrected chi connectivity index (χ4v) is 12.9. The minimum atomic E-state index is -0.125. The molecule has 0 fully saturated rings. The lowest BCUT2D eigenvalue weighted by atomic mass is 9.34. The molecule has 0 amide bonds.